The fourth-order valence-corrected chi connectivity index (χ4v) is 5.26. The van der Waals surface area contributed by atoms with Crippen LogP contribution in [0, 0.1) is 5.82 Å². The summed E-state index contributed by atoms with van der Waals surface area (Å²) in [6, 6.07) is 9.49. The van der Waals surface area contributed by atoms with Crippen molar-refractivity contribution >= 4 is 29.7 Å². The highest BCUT2D eigenvalue weighted by atomic mass is 31.2. The molecular weight excluding hydrogens is 480 g/mol. The maximum absolute atomic E-state index is 13.5. The van der Waals surface area contributed by atoms with Crippen LogP contribution in [0.5, 0.6) is 5.75 Å². The van der Waals surface area contributed by atoms with Gasteiger partial charge in [0.05, 0.1) is 5.71 Å². The van der Waals surface area contributed by atoms with Gasteiger partial charge in [0.2, 0.25) is 0 Å². The fraction of sp³-hybridized carbons (Fsp3) is 0.231. The van der Waals surface area contributed by atoms with Gasteiger partial charge in [0, 0.05) is 43.0 Å². The molecule has 0 unspecified atom stereocenters. The summed E-state index contributed by atoms with van der Waals surface area (Å²) >= 11 is 0. The Morgan fingerprint density at radius 3 is 2.67 bits per heavy atom. The molecule has 0 fully saturated rings. The highest BCUT2D eigenvalue weighted by Gasteiger charge is 2.30. The Labute approximate surface area is 207 Å². The summed E-state index contributed by atoms with van der Waals surface area (Å²) in [5, 5.41) is 21.3. The second kappa shape index (κ2) is 9.32. The van der Waals surface area contributed by atoms with Crippen molar-refractivity contribution < 1.29 is 18.9 Å². The van der Waals surface area contributed by atoms with Gasteiger partial charge >= 0.3 is 0 Å². The maximum atomic E-state index is 13.5. The molecule has 0 radical (unpaired) electrons. The molecule has 0 bridgehead atoms. The van der Waals surface area contributed by atoms with Gasteiger partial charge in [-0.25, -0.2) is 4.39 Å². The zero-order valence-corrected chi connectivity index (χ0v) is 20.8. The molecule has 184 valence electrons. The van der Waals surface area contributed by atoms with E-state index in [4.69, 9.17) is 0 Å². The van der Waals surface area contributed by atoms with E-state index >= 15 is 0 Å². The van der Waals surface area contributed by atoms with Crippen molar-refractivity contribution in [2.75, 3.05) is 19.9 Å². The van der Waals surface area contributed by atoms with E-state index < -0.39 is 7.14 Å². The quantitative estimate of drug-likeness (QED) is 0.423. The molecule has 3 aromatic rings. The van der Waals surface area contributed by atoms with E-state index in [1.165, 1.54) is 12.1 Å². The lowest BCUT2D eigenvalue weighted by Gasteiger charge is -2.31. The predicted molar refractivity (Wildman–Crippen MR) is 137 cm³/mol. The number of aromatic hydroxyl groups is 1. The topological polar surface area (TPSA) is 100 Å². The molecule has 0 saturated heterocycles. The molecule has 5 rings (SSSR count). The van der Waals surface area contributed by atoms with E-state index in [1.54, 1.807) is 59.3 Å². The number of aromatic nitrogens is 2. The molecule has 0 saturated carbocycles. The van der Waals surface area contributed by atoms with E-state index in [2.05, 4.69) is 15.2 Å². The minimum absolute atomic E-state index is 0.0832. The Kier molecular flexibility index (Phi) is 6.18. The number of carbonyl (C=O) groups is 1. The van der Waals surface area contributed by atoms with Crippen LogP contribution in [0.1, 0.15) is 22.5 Å². The van der Waals surface area contributed by atoms with Crippen molar-refractivity contribution in [1.82, 2.24) is 14.5 Å². The number of hydrogen-bond donors (Lipinski definition) is 1. The minimum Gasteiger partial charge on any atom is -0.504 e. The van der Waals surface area contributed by atoms with Crippen molar-refractivity contribution in [3.05, 3.63) is 88.7 Å². The maximum Gasteiger partial charge on any atom is 0.274 e. The third kappa shape index (κ3) is 4.54. The lowest BCUT2D eigenvalue weighted by Crippen LogP contribution is -2.44. The van der Waals surface area contributed by atoms with Gasteiger partial charge < -0.3 is 19.1 Å². The normalized spacial score (nSPS) is 17.6. The first kappa shape index (κ1) is 23.9. The van der Waals surface area contributed by atoms with Crippen molar-refractivity contribution in [3.8, 4) is 5.75 Å². The SMILES string of the molecule is CP(C)(=O)C1=C/C(=N/N=c2/c3cccnc3c(O)c3n2CCN(Cc2ccc(F)cc2)C3=O)CC=C1. The van der Waals surface area contributed by atoms with Gasteiger partial charge in [-0.1, -0.05) is 24.3 Å². The summed E-state index contributed by atoms with van der Waals surface area (Å²) in [7, 11) is -2.45. The molecule has 2 aromatic heterocycles. The van der Waals surface area contributed by atoms with Crippen LogP contribution in [0.2, 0.25) is 0 Å². The summed E-state index contributed by atoms with van der Waals surface area (Å²) in [6.45, 7) is 4.45. The number of allylic oxidation sites excluding steroid dienone is 4. The average molecular weight is 505 g/mol. The minimum atomic E-state index is -2.45. The Balaban J connectivity index is 1.61. The predicted octanol–water partition coefficient (Wildman–Crippen LogP) is 4.26. The van der Waals surface area contributed by atoms with Crippen molar-refractivity contribution in [3.63, 3.8) is 0 Å². The van der Waals surface area contributed by atoms with Gasteiger partial charge in [0.1, 0.15) is 18.5 Å². The summed E-state index contributed by atoms with van der Waals surface area (Å²) in [5.41, 5.74) is 2.18. The molecule has 0 atom stereocenters. The van der Waals surface area contributed by atoms with Gasteiger partial charge in [-0.2, -0.15) is 5.10 Å². The van der Waals surface area contributed by atoms with Gasteiger partial charge in [-0.05, 0) is 49.2 Å². The lowest BCUT2D eigenvalue weighted by atomic mass is 10.1. The highest BCUT2D eigenvalue weighted by molar-refractivity contribution is 7.67. The number of nitrogens with zero attached hydrogens (tertiary/aromatic N) is 5. The fourth-order valence-electron chi connectivity index (χ4n) is 4.34. The summed E-state index contributed by atoms with van der Waals surface area (Å²) in [6.07, 6.45) is 7.62. The van der Waals surface area contributed by atoms with E-state index in [-0.39, 0.29) is 35.2 Å². The largest absolute Gasteiger partial charge is 0.504 e. The highest BCUT2D eigenvalue weighted by Crippen LogP contribution is 2.47. The van der Waals surface area contributed by atoms with Crippen LogP contribution >= 0.6 is 7.14 Å². The molecule has 1 aliphatic carbocycles. The number of carbonyl (C=O) groups excluding carboxylic acids is 1. The van der Waals surface area contributed by atoms with E-state index in [1.807, 2.05) is 12.2 Å². The first-order valence-corrected chi connectivity index (χ1v) is 14.1. The summed E-state index contributed by atoms with van der Waals surface area (Å²) in [5.74, 6) is -0.934. The van der Waals surface area contributed by atoms with Gasteiger partial charge in [0.25, 0.3) is 5.91 Å². The third-order valence-electron chi connectivity index (χ3n) is 6.22. The standard InChI is InChI=1S/C26H25FN5O3P/c1-36(2,35)20-6-3-5-19(15-20)29-30-25-21-7-4-12-28-22(21)24(33)23-26(34)31(13-14-32(23)25)16-17-8-10-18(27)11-9-17/h3-4,6-12,15,33H,5,13-14,16H2,1-2H3/b29-19+,30-25-. The zero-order chi connectivity index (χ0) is 25.4. The van der Waals surface area contributed by atoms with Gasteiger partial charge in [-0.15, -0.1) is 5.10 Å². The molecule has 1 amide bonds. The van der Waals surface area contributed by atoms with Crippen LogP contribution in [0.3, 0.4) is 0 Å². The first-order chi connectivity index (χ1) is 17.2. The van der Waals surface area contributed by atoms with Crippen molar-refractivity contribution in [2.45, 2.75) is 19.5 Å². The molecule has 8 nitrogen and oxygen atoms in total. The number of pyridine rings is 2. The van der Waals surface area contributed by atoms with Crippen molar-refractivity contribution in [1.29, 1.82) is 0 Å². The van der Waals surface area contributed by atoms with Crippen LogP contribution < -0.4 is 5.49 Å². The molecule has 10 heteroatoms. The second-order valence-electron chi connectivity index (χ2n) is 9.14. The Bertz CT molecular complexity index is 1580. The monoisotopic (exact) mass is 505 g/mol. The molecule has 36 heavy (non-hydrogen) atoms. The zero-order valence-electron chi connectivity index (χ0n) is 19.9. The van der Waals surface area contributed by atoms with Crippen LogP contribution in [-0.2, 0) is 17.7 Å². The van der Waals surface area contributed by atoms with E-state index in [0.29, 0.717) is 36.1 Å². The third-order valence-corrected chi connectivity index (χ3v) is 7.74. The van der Waals surface area contributed by atoms with Crippen LogP contribution in [0.4, 0.5) is 4.39 Å². The molecule has 1 N–H and O–H groups in total. The van der Waals surface area contributed by atoms with Gasteiger partial charge in [-0.3, -0.25) is 9.78 Å². The van der Waals surface area contributed by atoms with Crippen LogP contribution in [-0.4, -0.2) is 51.1 Å². The number of benzene rings is 1. The Hall–Kier alpha value is -3.84. The number of hydrogen-bond acceptors (Lipinski definition) is 6. The number of fused-ring (bicyclic) bond motifs is 2. The van der Waals surface area contributed by atoms with Gasteiger partial charge in [0.15, 0.2) is 16.9 Å². The summed E-state index contributed by atoms with van der Waals surface area (Å²) in [4.78, 5) is 19.4. The number of rotatable bonds is 4. The average Bonchev–Trinajstić information content (AvgIpc) is 2.86. The lowest BCUT2D eigenvalue weighted by molar-refractivity contribution is 0.0681. The number of amides is 1. The molecule has 0 spiro atoms. The molecule has 1 aliphatic heterocycles. The number of halogens is 1. The molecule has 2 aliphatic rings. The van der Waals surface area contributed by atoms with E-state index in [9.17, 15) is 18.9 Å². The molecule has 1 aromatic carbocycles. The molecule has 3 heterocycles. The van der Waals surface area contributed by atoms with E-state index in [0.717, 1.165) is 10.9 Å². The van der Waals surface area contributed by atoms with Crippen molar-refractivity contribution in [2.24, 2.45) is 10.2 Å². The smallest absolute Gasteiger partial charge is 0.274 e. The van der Waals surface area contributed by atoms with Crippen LogP contribution in [0.25, 0.3) is 10.9 Å². The Morgan fingerprint density at radius 1 is 1.14 bits per heavy atom. The first-order valence-electron chi connectivity index (χ1n) is 11.5. The Morgan fingerprint density at radius 2 is 1.92 bits per heavy atom. The summed E-state index contributed by atoms with van der Waals surface area (Å²) < 4.78 is 27.5. The molecular formula is C26H25FN5O3P. The second-order valence-corrected chi connectivity index (χ2v) is 12.4. The van der Waals surface area contributed by atoms with Crippen LogP contribution in [0.15, 0.2) is 76.3 Å².